The molecule has 0 bridgehead atoms. The molecule has 6 nitrogen and oxygen atoms in total. The molecule has 3 aromatic rings. The molecule has 0 aromatic heterocycles. The van der Waals surface area contributed by atoms with Crippen LogP contribution in [0.3, 0.4) is 0 Å². The summed E-state index contributed by atoms with van der Waals surface area (Å²) in [5.74, 6) is -3.81. The van der Waals surface area contributed by atoms with Gasteiger partial charge in [0, 0.05) is 18.0 Å². The molecule has 2 aliphatic rings. The molecule has 0 spiro atoms. The van der Waals surface area contributed by atoms with Crippen molar-refractivity contribution < 1.29 is 22.7 Å². The quantitative estimate of drug-likeness (QED) is 0.469. The van der Waals surface area contributed by atoms with Gasteiger partial charge in [-0.1, -0.05) is 79.2 Å². The highest BCUT2D eigenvalue weighted by molar-refractivity contribution is 7.95. The minimum Gasteiger partial charge on any atom is -0.461 e. The van der Waals surface area contributed by atoms with E-state index in [0.717, 1.165) is 11.1 Å². The number of sulfone groups is 1. The van der Waals surface area contributed by atoms with Crippen LogP contribution in [0.2, 0.25) is 0 Å². The number of amides is 1. The molecule has 5 atom stereocenters. The molecule has 1 fully saturated rings. The van der Waals surface area contributed by atoms with Crippen LogP contribution in [0.4, 0.5) is 5.69 Å². The fraction of sp³-hybridized carbons (Fsp3) is 0.267. The SMILES string of the molecule is Cc1ccc(S(=O)(=O)C2=C[C@@H](C)[C@H](C(=O)Nc3ccccc3)[C@H]3C(=O)O[C@@H](Cc4ccccc4)[C@@H]23)cc1. The standard InChI is InChI=1S/C30H29NO5S/c1-19-13-15-23(16-14-19)37(34,35)25-17-20(2)26(29(32)31-22-11-7-4-8-12-22)28-27(25)24(36-30(28)33)18-21-9-5-3-6-10-21/h3-17,20,24,26-28H,18H2,1-2H3,(H,31,32)/t20-,24+,26+,27+,28-/m1/s1. The number of anilines is 1. The number of carbonyl (C=O) groups is 2. The lowest BCUT2D eigenvalue weighted by molar-refractivity contribution is -0.147. The molecule has 1 aliphatic carbocycles. The summed E-state index contributed by atoms with van der Waals surface area (Å²) in [6, 6.07) is 25.2. The summed E-state index contributed by atoms with van der Waals surface area (Å²) in [4.78, 5) is 27.2. The molecule has 0 saturated carbocycles. The number of cyclic esters (lactones) is 1. The number of aryl methyl sites for hydroxylation is 1. The molecule has 1 N–H and O–H groups in total. The van der Waals surface area contributed by atoms with Gasteiger partial charge in [0.2, 0.25) is 15.7 Å². The van der Waals surface area contributed by atoms with Crippen molar-refractivity contribution in [3.05, 3.63) is 107 Å². The molecule has 3 aromatic carbocycles. The number of para-hydroxylation sites is 1. The number of carbonyl (C=O) groups excluding carboxylic acids is 2. The summed E-state index contributed by atoms with van der Waals surface area (Å²) in [6.07, 6.45) is 1.31. The minimum atomic E-state index is -3.93. The second-order valence-corrected chi connectivity index (χ2v) is 11.8. The van der Waals surface area contributed by atoms with Crippen molar-refractivity contribution >= 4 is 27.4 Å². The first-order chi connectivity index (χ1) is 17.8. The first-order valence-electron chi connectivity index (χ1n) is 12.4. The minimum absolute atomic E-state index is 0.157. The van der Waals surface area contributed by atoms with Gasteiger partial charge in [0.15, 0.2) is 0 Å². The Morgan fingerprint density at radius 3 is 2.16 bits per heavy atom. The molecule has 0 unspecified atom stereocenters. The van der Waals surface area contributed by atoms with Crippen LogP contribution in [-0.2, 0) is 30.6 Å². The van der Waals surface area contributed by atoms with Gasteiger partial charge >= 0.3 is 5.97 Å². The Morgan fingerprint density at radius 1 is 0.892 bits per heavy atom. The van der Waals surface area contributed by atoms with Gasteiger partial charge in [-0.25, -0.2) is 8.42 Å². The van der Waals surface area contributed by atoms with Crippen molar-refractivity contribution in [3.8, 4) is 0 Å². The highest BCUT2D eigenvalue weighted by Gasteiger charge is 2.57. The van der Waals surface area contributed by atoms with Crippen LogP contribution >= 0.6 is 0 Å². The van der Waals surface area contributed by atoms with Crippen LogP contribution in [0, 0.1) is 30.6 Å². The molecule has 0 radical (unpaired) electrons. The number of benzene rings is 3. The number of hydrogen-bond donors (Lipinski definition) is 1. The predicted molar refractivity (Wildman–Crippen MR) is 141 cm³/mol. The average molecular weight is 516 g/mol. The Balaban J connectivity index is 1.57. The smallest absolute Gasteiger partial charge is 0.310 e. The van der Waals surface area contributed by atoms with E-state index in [0.29, 0.717) is 12.1 Å². The van der Waals surface area contributed by atoms with E-state index in [9.17, 15) is 18.0 Å². The molecule has 1 saturated heterocycles. The van der Waals surface area contributed by atoms with E-state index < -0.39 is 45.6 Å². The van der Waals surface area contributed by atoms with Crippen molar-refractivity contribution in [2.24, 2.45) is 23.7 Å². The largest absolute Gasteiger partial charge is 0.461 e. The Bertz CT molecular complexity index is 1430. The van der Waals surface area contributed by atoms with Gasteiger partial charge in [0.05, 0.1) is 21.6 Å². The Labute approximate surface area is 217 Å². The number of esters is 1. The Morgan fingerprint density at radius 2 is 1.51 bits per heavy atom. The zero-order chi connectivity index (χ0) is 26.2. The molecule has 1 aliphatic heterocycles. The number of rotatable bonds is 6. The fourth-order valence-electron chi connectivity index (χ4n) is 5.50. The average Bonchev–Trinajstić information content (AvgIpc) is 3.20. The van der Waals surface area contributed by atoms with Gasteiger partial charge in [-0.3, -0.25) is 9.59 Å². The lowest BCUT2D eigenvalue weighted by Gasteiger charge is -2.35. The molecule has 7 heteroatoms. The Kier molecular flexibility index (Phi) is 6.73. The van der Waals surface area contributed by atoms with E-state index >= 15 is 0 Å². The first-order valence-corrected chi connectivity index (χ1v) is 13.9. The fourth-order valence-corrected chi connectivity index (χ4v) is 7.31. The van der Waals surface area contributed by atoms with Crippen molar-refractivity contribution in [3.63, 3.8) is 0 Å². The van der Waals surface area contributed by atoms with Crippen molar-refractivity contribution in [1.82, 2.24) is 0 Å². The molecular weight excluding hydrogens is 486 g/mol. The van der Waals surface area contributed by atoms with Crippen LogP contribution in [0.15, 0.2) is 101 Å². The van der Waals surface area contributed by atoms with E-state index in [1.165, 1.54) is 0 Å². The summed E-state index contributed by atoms with van der Waals surface area (Å²) in [5.41, 5.74) is 2.49. The van der Waals surface area contributed by atoms with E-state index in [1.54, 1.807) is 49.4 Å². The maximum atomic E-state index is 13.9. The van der Waals surface area contributed by atoms with Crippen LogP contribution in [0.5, 0.6) is 0 Å². The summed E-state index contributed by atoms with van der Waals surface area (Å²) in [5, 5.41) is 2.91. The van der Waals surface area contributed by atoms with E-state index in [-0.39, 0.29) is 15.7 Å². The second-order valence-electron chi connectivity index (χ2n) is 9.84. The highest BCUT2D eigenvalue weighted by atomic mass is 32.2. The number of hydrogen-bond acceptors (Lipinski definition) is 5. The van der Waals surface area contributed by atoms with Crippen molar-refractivity contribution in [1.29, 1.82) is 0 Å². The second kappa shape index (κ2) is 9.98. The van der Waals surface area contributed by atoms with Gasteiger partial charge in [0.1, 0.15) is 6.10 Å². The molecule has 37 heavy (non-hydrogen) atoms. The van der Waals surface area contributed by atoms with Crippen LogP contribution < -0.4 is 5.32 Å². The number of allylic oxidation sites excluding steroid dienone is 1. The van der Waals surface area contributed by atoms with Gasteiger partial charge < -0.3 is 10.1 Å². The summed E-state index contributed by atoms with van der Waals surface area (Å²) < 4.78 is 33.7. The molecule has 1 heterocycles. The third-order valence-electron chi connectivity index (χ3n) is 7.30. The molecular formula is C30H29NO5S. The van der Waals surface area contributed by atoms with E-state index in [4.69, 9.17) is 4.74 Å². The summed E-state index contributed by atoms with van der Waals surface area (Å²) >= 11 is 0. The lowest BCUT2D eigenvalue weighted by atomic mass is 9.69. The molecule has 1 amide bonds. The van der Waals surface area contributed by atoms with Gasteiger partial charge in [0.25, 0.3) is 0 Å². The van der Waals surface area contributed by atoms with Crippen LogP contribution in [-0.4, -0.2) is 26.4 Å². The number of fused-ring (bicyclic) bond motifs is 1. The normalized spacial score (nSPS) is 25.1. The maximum absolute atomic E-state index is 13.9. The zero-order valence-electron chi connectivity index (χ0n) is 20.7. The maximum Gasteiger partial charge on any atom is 0.310 e. The Hall–Kier alpha value is -3.71. The lowest BCUT2D eigenvalue weighted by Crippen LogP contribution is -2.44. The third-order valence-corrected chi connectivity index (χ3v) is 9.22. The summed E-state index contributed by atoms with van der Waals surface area (Å²) in [6.45, 7) is 3.68. The third kappa shape index (κ3) is 4.83. The monoisotopic (exact) mass is 515 g/mol. The van der Waals surface area contributed by atoms with E-state index in [2.05, 4.69) is 5.32 Å². The highest BCUT2D eigenvalue weighted by Crippen LogP contribution is 2.49. The van der Waals surface area contributed by atoms with Gasteiger partial charge in [-0.15, -0.1) is 0 Å². The summed E-state index contributed by atoms with van der Waals surface area (Å²) in [7, 11) is -3.93. The van der Waals surface area contributed by atoms with Gasteiger partial charge in [-0.2, -0.15) is 0 Å². The van der Waals surface area contributed by atoms with Crippen molar-refractivity contribution in [2.75, 3.05) is 5.32 Å². The molecule has 5 rings (SSSR count). The van der Waals surface area contributed by atoms with Gasteiger partial charge in [-0.05, 0) is 42.7 Å². The number of ether oxygens (including phenoxy) is 1. The first kappa shape index (κ1) is 25.0. The van der Waals surface area contributed by atoms with Crippen molar-refractivity contribution in [2.45, 2.75) is 31.3 Å². The topological polar surface area (TPSA) is 89.5 Å². The van der Waals surface area contributed by atoms with Crippen LogP contribution in [0.1, 0.15) is 18.1 Å². The predicted octanol–water partition coefficient (Wildman–Crippen LogP) is 4.96. The van der Waals surface area contributed by atoms with Crippen LogP contribution in [0.25, 0.3) is 0 Å². The van der Waals surface area contributed by atoms with E-state index in [1.807, 2.05) is 55.5 Å². The zero-order valence-corrected chi connectivity index (χ0v) is 21.5. The number of nitrogens with one attached hydrogen (secondary N) is 1. The molecule has 190 valence electrons.